The van der Waals surface area contributed by atoms with Crippen LogP contribution in [0.5, 0.6) is 0 Å². The molecule has 0 bridgehead atoms. The lowest BCUT2D eigenvalue weighted by Crippen LogP contribution is -2.29. The molecule has 0 spiro atoms. The van der Waals surface area contributed by atoms with Gasteiger partial charge in [-0.3, -0.25) is 0 Å². The fraction of sp³-hybridized carbons (Fsp3) is 0.333. The van der Waals surface area contributed by atoms with Crippen molar-refractivity contribution in [1.29, 1.82) is 0 Å². The number of aryl methyl sites for hydroxylation is 1. The van der Waals surface area contributed by atoms with Gasteiger partial charge in [-0.05, 0) is 26.0 Å². The maximum Gasteiger partial charge on any atom is 0.240 e. The van der Waals surface area contributed by atoms with Gasteiger partial charge in [-0.1, -0.05) is 18.2 Å². The molecule has 0 atom stereocenters. The van der Waals surface area contributed by atoms with Crippen molar-refractivity contribution in [3.05, 3.63) is 42.1 Å². The van der Waals surface area contributed by atoms with Crippen molar-refractivity contribution in [2.45, 2.75) is 18.7 Å². The van der Waals surface area contributed by atoms with Crippen molar-refractivity contribution in [3.8, 4) is 0 Å². The van der Waals surface area contributed by atoms with E-state index in [9.17, 15) is 8.42 Å². The zero-order valence-electron chi connectivity index (χ0n) is 13.2. The van der Waals surface area contributed by atoms with Crippen molar-refractivity contribution in [3.63, 3.8) is 0 Å². The maximum absolute atomic E-state index is 12.1. The molecule has 2 aromatic rings. The van der Waals surface area contributed by atoms with E-state index in [1.807, 2.05) is 19.9 Å². The van der Waals surface area contributed by atoms with Crippen molar-refractivity contribution in [2.75, 3.05) is 30.3 Å². The second-order valence-corrected chi connectivity index (χ2v) is 6.65. The van der Waals surface area contributed by atoms with Crippen LogP contribution >= 0.6 is 0 Å². The minimum atomic E-state index is -3.48. The molecule has 1 aromatic carbocycles. The van der Waals surface area contributed by atoms with E-state index in [0.717, 1.165) is 18.1 Å². The number of rotatable bonds is 8. The molecule has 0 amide bonds. The summed E-state index contributed by atoms with van der Waals surface area (Å²) < 4.78 is 26.7. The van der Waals surface area contributed by atoms with Gasteiger partial charge in [-0.25, -0.2) is 18.1 Å². The normalized spacial score (nSPS) is 11.2. The third-order valence-corrected chi connectivity index (χ3v) is 4.44. The molecule has 1 heterocycles. The summed E-state index contributed by atoms with van der Waals surface area (Å²) >= 11 is 0. The van der Waals surface area contributed by atoms with Crippen LogP contribution in [0.2, 0.25) is 0 Å². The first kappa shape index (κ1) is 17.2. The summed E-state index contributed by atoms with van der Waals surface area (Å²) in [7, 11) is -3.48. The average Bonchev–Trinajstić information content (AvgIpc) is 2.52. The van der Waals surface area contributed by atoms with Gasteiger partial charge in [0.1, 0.15) is 5.82 Å². The van der Waals surface area contributed by atoms with Gasteiger partial charge in [-0.2, -0.15) is 4.98 Å². The topological polar surface area (TPSA) is 96.0 Å². The Bertz CT molecular complexity index is 735. The summed E-state index contributed by atoms with van der Waals surface area (Å²) in [5.41, 5.74) is 0.836. The van der Waals surface area contributed by atoms with Gasteiger partial charge < -0.3 is 10.6 Å². The van der Waals surface area contributed by atoms with Gasteiger partial charge in [0.2, 0.25) is 16.0 Å². The highest BCUT2D eigenvalue weighted by Gasteiger charge is 2.12. The Hall–Kier alpha value is -2.19. The van der Waals surface area contributed by atoms with E-state index in [1.54, 1.807) is 30.3 Å². The van der Waals surface area contributed by atoms with Crippen LogP contribution in [0.25, 0.3) is 0 Å². The molecule has 0 radical (unpaired) electrons. The molecular weight excluding hydrogens is 314 g/mol. The second-order valence-electron chi connectivity index (χ2n) is 4.89. The van der Waals surface area contributed by atoms with E-state index in [4.69, 9.17) is 0 Å². The van der Waals surface area contributed by atoms with Crippen molar-refractivity contribution < 1.29 is 8.42 Å². The van der Waals surface area contributed by atoms with E-state index in [2.05, 4.69) is 25.3 Å². The molecule has 0 saturated heterocycles. The molecule has 3 N–H and O–H groups in total. The number of nitrogens with zero attached hydrogens (tertiary/aromatic N) is 2. The lowest BCUT2D eigenvalue weighted by atomic mass is 10.4. The van der Waals surface area contributed by atoms with Gasteiger partial charge in [-0.15, -0.1) is 0 Å². The quantitative estimate of drug-likeness (QED) is 0.634. The summed E-state index contributed by atoms with van der Waals surface area (Å²) in [6.07, 6.45) is 0. The summed E-state index contributed by atoms with van der Waals surface area (Å²) in [5.74, 6) is 1.22. The molecule has 0 unspecified atom stereocenters. The molecular formula is C15H21N5O2S. The zero-order valence-corrected chi connectivity index (χ0v) is 14.0. The Morgan fingerprint density at radius 1 is 1.04 bits per heavy atom. The van der Waals surface area contributed by atoms with Crippen LogP contribution in [0, 0.1) is 6.92 Å². The molecule has 23 heavy (non-hydrogen) atoms. The minimum absolute atomic E-state index is 0.241. The van der Waals surface area contributed by atoms with Crippen LogP contribution in [0.15, 0.2) is 41.3 Å². The van der Waals surface area contributed by atoms with Crippen LogP contribution in [-0.4, -0.2) is 38.0 Å². The molecule has 8 heteroatoms. The first-order valence-electron chi connectivity index (χ1n) is 7.39. The lowest BCUT2D eigenvalue weighted by molar-refractivity contribution is 0.583. The molecule has 0 fully saturated rings. The Morgan fingerprint density at radius 3 is 2.48 bits per heavy atom. The molecule has 0 aliphatic carbocycles. The number of sulfonamides is 1. The van der Waals surface area contributed by atoms with Gasteiger partial charge >= 0.3 is 0 Å². The minimum Gasteiger partial charge on any atom is -0.370 e. The van der Waals surface area contributed by atoms with Crippen LogP contribution < -0.4 is 15.4 Å². The number of nitrogens with one attached hydrogen (secondary N) is 3. The smallest absolute Gasteiger partial charge is 0.240 e. The van der Waals surface area contributed by atoms with E-state index in [1.165, 1.54) is 0 Å². The van der Waals surface area contributed by atoms with E-state index >= 15 is 0 Å². The molecule has 0 saturated carbocycles. The Labute approximate surface area is 136 Å². The lowest BCUT2D eigenvalue weighted by Gasteiger charge is -2.10. The number of hydrogen-bond donors (Lipinski definition) is 3. The first-order chi connectivity index (χ1) is 11.0. The monoisotopic (exact) mass is 335 g/mol. The predicted octanol–water partition coefficient (Wildman–Crippen LogP) is 1.61. The molecule has 1 aromatic heterocycles. The number of anilines is 2. The molecule has 0 aliphatic heterocycles. The van der Waals surface area contributed by atoms with Crippen molar-refractivity contribution in [1.82, 2.24) is 14.7 Å². The van der Waals surface area contributed by atoms with Crippen LogP contribution in [-0.2, 0) is 10.0 Å². The van der Waals surface area contributed by atoms with Crippen LogP contribution in [0.1, 0.15) is 12.6 Å². The molecule has 7 nitrogen and oxygen atoms in total. The summed E-state index contributed by atoms with van der Waals surface area (Å²) in [6.45, 7) is 5.27. The van der Waals surface area contributed by atoms with Gasteiger partial charge in [0.05, 0.1) is 4.90 Å². The summed E-state index contributed by atoms with van der Waals surface area (Å²) in [6, 6.07) is 10.1. The zero-order chi connectivity index (χ0) is 16.7. The Morgan fingerprint density at radius 2 is 1.78 bits per heavy atom. The number of benzene rings is 1. The van der Waals surface area contributed by atoms with Crippen molar-refractivity contribution >= 4 is 21.8 Å². The second kappa shape index (κ2) is 7.89. The highest BCUT2D eigenvalue weighted by molar-refractivity contribution is 7.89. The Kier molecular flexibility index (Phi) is 5.89. The fourth-order valence-electron chi connectivity index (χ4n) is 1.96. The number of hydrogen-bond acceptors (Lipinski definition) is 6. The van der Waals surface area contributed by atoms with Crippen molar-refractivity contribution in [2.24, 2.45) is 0 Å². The average molecular weight is 335 g/mol. The Balaban J connectivity index is 1.88. The highest BCUT2D eigenvalue weighted by Crippen LogP contribution is 2.09. The predicted molar refractivity (Wildman–Crippen MR) is 91.1 cm³/mol. The van der Waals surface area contributed by atoms with E-state index < -0.39 is 10.0 Å². The van der Waals surface area contributed by atoms with Crippen LogP contribution in [0.4, 0.5) is 11.8 Å². The standard InChI is InChI=1S/C15H21N5O2S/c1-3-16-14-11-12(2)19-15(20-14)17-9-10-18-23(21,22)13-7-5-4-6-8-13/h4-8,11,18H,3,9-10H2,1-2H3,(H2,16,17,19,20). The van der Waals surface area contributed by atoms with E-state index in [0.29, 0.717) is 12.5 Å². The highest BCUT2D eigenvalue weighted by atomic mass is 32.2. The SMILES string of the molecule is CCNc1cc(C)nc(NCCNS(=O)(=O)c2ccccc2)n1. The first-order valence-corrected chi connectivity index (χ1v) is 8.87. The fourth-order valence-corrected chi connectivity index (χ4v) is 3.01. The summed E-state index contributed by atoms with van der Waals surface area (Å²) in [5, 5.41) is 6.14. The van der Waals surface area contributed by atoms with Gasteiger partial charge in [0.25, 0.3) is 0 Å². The van der Waals surface area contributed by atoms with E-state index in [-0.39, 0.29) is 11.4 Å². The van der Waals surface area contributed by atoms with Crippen LogP contribution in [0.3, 0.4) is 0 Å². The third kappa shape index (κ3) is 5.19. The molecule has 2 rings (SSSR count). The third-order valence-electron chi connectivity index (χ3n) is 2.97. The molecule has 124 valence electrons. The molecule has 0 aliphatic rings. The van der Waals surface area contributed by atoms with Gasteiger partial charge in [0, 0.05) is 31.4 Å². The largest absolute Gasteiger partial charge is 0.370 e. The summed E-state index contributed by atoms with van der Waals surface area (Å²) in [4.78, 5) is 8.82. The number of aromatic nitrogens is 2. The maximum atomic E-state index is 12.1. The van der Waals surface area contributed by atoms with Gasteiger partial charge in [0.15, 0.2) is 0 Å².